The van der Waals surface area contributed by atoms with Crippen molar-refractivity contribution in [2.45, 2.75) is 6.92 Å². The van der Waals surface area contributed by atoms with Gasteiger partial charge >= 0.3 is 0 Å². The lowest BCUT2D eigenvalue weighted by Gasteiger charge is -1.59. The van der Waals surface area contributed by atoms with Crippen molar-refractivity contribution in [1.29, 1.82) is 0 Å². The van der Waals surface area contributed by atoms with Crippen LogP contribution in [0.5, 0.6) is 0 Å². The molecule has 0 radical (unpaired) electrons. The predicted octanol–water partition coefficient (Wildman–Crippen LogP) is -0.0934. The molecular formula is C2H7FN4. The third-order valence-corrected chi connectivity index (χ3v) is 0.451. The third kappa shape index (κ3) is 1.25. The van der Waals surface area contributed by atoms with E-state index in [1.807, 2.05) is 0 Å². The first kappa shape index (κ1) is 6.00. The van der Waals surface area contributed by atoms with Crippen LogP contribution in [0.25, 0.3) is 0 Å². The number of halogens is 1. The van der Waals surface area contributed by atoms with Crippen molar-refractivity contribution in [3.63, 3.8) is 0 Å². The first-order valence-electron chi connectivity index (χ1n) is 1.59. The number of aryl methyl sites for hydroxylation is 1. The summed E-state index contributed by atoms with van der Waals surface area (Å²) < 4.78 is 0. The second-order valence-corrected chi connectivity index (χ2v) is 0.959. The lowest BCUT2D eigenvalue weighted by atomic mass is 10.8. The molecule has 0 saturated carbocycles. The molecule has 0 spiro atoms. The van der Waals surface area contributed by atoms with Gasteiger partial charge in [0.2, 0.25) is 0 Å². The molecule has 0 aliphatic heterocycles. The number of hydrogen-bond donors (Lipinski definition) is 1. The molecule has 0 amide bonds. The average molecular weight is 106 g/mol. The van der Waals surface area contributed by atoms with E-state index in [0.717, 1.165) is 0 Å². The van der Waals surface area contributed by atoms with Crippen LogP contribution >= 0.6 is 0 Å². The maximum Gasteiger partial charge on any atom is 0.171 e. The zero-order chi connectivity index (χ0) is 4.41. The van der Waals surface area contributed by atoms with Crippen molar-refractivity contribution in [1.82, 2.24) is 20.6 Å². The van der Waals surface area contributed by atoms with Crippen LogP contribution in [0.4, 0.5) is 4.70 Å². The number of H-pyrrole nitrogens is 1. The van der Waals surface area contributed by atoms with Crippen LogP contribution in [0.3, 0.4) is 0 Å². The number of hydrogen-bond acceptors (Lipinski definition) is 3. The molecule has 0 bridgehead atoms. The van der Waals surface area contributed by atoms with Gasteiger partial charge in [0.05, 0.1) is 0 Å². The Labute approximate surface area is 40.8 Å². The van der Waals surface area contributed by atoms with E-state index < -0.39 is 0 Å². The van der Waals surface area contributed by atoms with Crippen LogP contribution in [0.2, 0.25) is 0 Å². The van der Waals surface area contributed by atoms with Crippen LogP contribution in [-0.4, -0.2) is 20.6 Å². The topological polar surface area (TPSA) is 54.5 Å². The highest BCUT2D eigenvalue weighted by Crippen LogP contribution is 1.69. The van der Waals surface area contributed by atoms with Gasteiger partial charge in [0, 0.05) is 1.43 Å². The summed E-state index contributed by atoms with van der Waals surface area (Å²) in [5, 5.41) is 12.7. The molecule has 1 aromatic rings. The largest absolute Gasteiger partial charge is 0.269 e. The van der Waals surface area contributed by atoms with E-state index in [2.05, 4.69) is 20.6 Å². The summed E-state index contributed by atoms with van der Waals surface area (Å²) in [7, 11) is 0. The van der Waals surface area contributed by atoms with Gasteiger partial charge in [-0.25, -0.2) is 0 Å². The Hall–Kier alpha value is -1.00. The lowest BCUT2D eigenvalue weighted by molar-refractivity contribution is 0.881. The standard InChI is InChI=1S/C2H4N4.FH.H2/c1-2-3-5-6-4-2;;/h1H3,(H,3,4,5,6);2*1H. The van der Waals surface area contributed by atoms with Crippen molar-refractivity contribution in [2.75, 3.05) is 0 Å². The van der Waals surface area contributed by atoms with E-state index in [1.54, 1.807) is 6.92 Å². The molecule has 0 aliphatic rings. The van der Waals surface area contributed by atoms with Gasteiger partial charge in [-0.05, 0) is 6.92 Å². The van der Waals surface area contributed by atoms with Crippen LogP contribution < -0.4 is 0 Å². The van der Waals surface area contributed by atoms with Crippen molar-refractivity contribution in [3.8, 4) is 0 Å². The fourth-order valence-electron chi connectivity index (χ4n) is 0.212. The van der Waals surface area contributed by atoms with Gasteiger partial charge in [-0.1, -0.05) is 5.21 Å². The minimum absolute atomic E-state index is 0. The summed E-state index contributed by atoms with van der Waals surface area (Å²) in [5.74, 6) is 0.676. The summed E-state index contributed by atoms with van der Waals surface area (Å²) in [6, 6.07) is 0. The fraction of sp³-hybridized carbons (Fsp3) is 0.500. The summed E-state index contributed by atoms with van der Waals surface area (Å²) >= 11 is 0. The quantitative estimate of drug-likeness (QED) is 0.502. The number of nitrogens with one attached hydrogen (secondary N) is 1. The summed E-state index contributed by atoms with van der Waals surface area (Å²) in [6.07, 6.45) is 0. The van der Waals surface area contributed by atoms with E-state index in [-0.39, 0.29) is 6.13 Å². The van der Waals surface area contributed by atoms with E-state index >= 15 is 0 Å². The predicted molar refractivity (Wildman–Crippen MR) is 23.5 cm³/mol. The van der Waals surface area contributed by atoms with E-state index in [9.17, 15) is 0 Å². The highest BCUT2D eigenvalue weighted by molar-refractivity contribution is 4.63. The molecule has 7 heavy (non-hydrogen) atoms. The molecule has 0 saturated heterocycles. The first-order valence-corrected chi connectivity index (χ1v) is 1.59. The van der Waals surface area contributed by atoms with Gasteiger partial charge in [0.1, 0.15) is 0 Å². The maximum atomic E-state index is 3.57. The lowest BCUT2D eigenvalue weighted by Crippen LogP contribution is -1.69. The van der Waals surface area contributed by atoms with Crippen molar-refractivity contribution in [2.24, 2.45) is 0 Å². The van der Waals surface area contributed by atoms with E-state index in [0.29, 0.717) is 5.82 Å². The zero-order valence-corrected chi connectivity index (χ0v) is 3.75. The van der Waals surface area contributed by atoms with Gasteiger partial charge in [-0.3, -0.25) is 4.70 Å². The van der Waals surface area contributed by atoms with Gasteiger partial charge in [0.15, 0.2) is 5.82 Å². The molecule has 1 aromatic heterocycles. The number of aromatic nitrogens is 4. The summed E-state index contributed by atoms with van der Waals surface area (Å²) in [6.45, 7) is 1.77. The van der Waals surface area contributed by atoms with Gasteiger partial charge in [-0.15, -0.1) is 10.2 Å². The Kier molecular flexibility index (Phi) is 1.90. The number of nitrogens with zero attached hydrogens (tertiary/aromatic N) is 3. The molecule has 0 unspecified atom stereocenters. The smallest absolute Gasteiger partial charge is 0.171 e. The van der Waals surface area contributed by atoms with Crippen molar-refractivity contribution in [3.05, 3.63) is 5.82 Å². The molecule has 0 fully saturated rings. The van der Waals surface area contributed by atoms with Crippen LogP contribution in [0.15, 0.2) is 0 Å². The zero-order valence-electron chi connectivity index (χ0n) is 3.75. The highest BCUT2D eigenvalue weighted by Gasteiger charge is 1.78. The average Bonchev–Trinajstić information content (AvgIpc) is 1.86. The number of tetrazole rings is 1. The molecule has 42 valence electrons. The van der Waals surface area contributed by atoms with Crippen molar-refractivity contribution >= 4 is 0 Å². The Morgan fingerprint density at radius 1 is 1.71 bits per heavy atom. The molecule has 5 heteroatoms. The Balaban J connectivity index is 0. The molecule has 4 nitrogen and oxygen atoms in total. The van der Waals surface area contributed by atoms with Crippen LogP contribution in [-0.2, 0) is 0 Å². The fourth-order valence-corrected chi connectivity index (χ4v) is 0.212. The SMILES string of the molecule is Cc1nn[nH]n1.F.[HH]. The minimum Gasteiger partial charge on any atom is -0.269 e. The van der Waals surface area contributed by atoms with Crippen LogP contribution in [0, 0.1) is 6.92 Å². The van der Waals surface area contributed by atoms with Gasteiger partial charge < -0.3 is 0 Å². The summed E-state index contributed by atoms with van der Waals surface area (Å²) in [4.78, 5) is 0. The third-order valence-electron chi connectivity index (χ3n) is 0.451. The Morgan fingerprint density at radius 2 is 2.43 bits per heavy atom. The Bertz CT molecular complexity index is 118. The Morgan fingerprint density at radius 3 is 2.57 bits per heavy atom. The molecule has 0 atom stereocenters. The second kappa shape index (κ2) is 2.22. The molecule has 0 aliphatic carbocycles. The van der Waals surface area contributed by atoms with Gasteiger partial charge in [0.25, 0.3) is 0 Å². The van der Waals surface area contributed by atoms with Crippen molar-refractivity contribution < 1.29 is 6.13 Å². The normalized spacial score (nSPS) is 7.57. The minimum atomic E-state index is 0. The number of aromatic amines is 1. The number of rotatable bonds is 0. The molecule has 0 aromatic carbocycles. The van der Waals surface area contributed by atoms with E-state index in [4.69, 9.17) is 0 Å². The molecule has 1 heterocycles. The summed E-state index contributed by atoms with van der Waals surface area (Å²) in [5.41, 5.74) is 0. The van der Waals surface area contributed by atoms with Gasteiger partial charge in [-0.2, -0.15) is 5.21 Å². The highest BCUT2D eigenvalue weighted by atomic mass is 19.0. The maximum absolute atomic E-state index is 3.57. The monoisotopic (exact) mass is 106 g/mol. The molecule has 1 N–H and O–H groups in total. The van der Waals surface area contributed by atoms with E-state index in [1.165, 1.54) is 0 Å². The molecule has 1 rings (SSSR count). The first-order chi connectivity index (χ1) is 2.89. The van der Waals surface area contributed by atoms with Crippen LogP contribution in [0.1, 0.15) is 7.25 Å². The second-order valence-electron chi connectivity index (χ2n) is 0.959. The molecular weight excluding hydrogens is 99.0 g/mol.